The Balaban J connectivity index is 1.35. The number of carbonyl (C=O) groups is 1. The van der Waals surface area contributed by atoms with Crippen molar-refractivity contribution in [2.45, 2.75) is 39.2 Å². The van der Waals surface area contributed by atoms with Gasteiger partial charge in [-0.05, 0) is 61.7 Å². The van der Waals surface area contributed by atoms with Crippen molar-refractivity contribution in [3.8, 4) is 17.1 Å². The molecule has 7 nitrogen and oxygen atoms in total. The second-order valence-electron chi connectivity index (χ2n) is 7.63. The van der Waals surface area contributed by atoms with Crippen molar-refractivity contribution in [3.05, 3.63) is 60.0 Å². The largest absolute Gasteiger partial charge is 0.494 e. The van der Waals surface area contributed by atoms with Gasteiger partial charge in [0.2, 0.25) is 5.82 Å². The van der Waals surface area contributed by atoms with Crippen LogP contribution in [-0.4, -0.2) is 35.7 Å². The van der Waals surface area contributed by atoms with Gasteiger partial charge < -0.3 is 19.5 Å². The molecule has 2 aromatic carbocycles. The van der Waals surface area contributed by atoms with Crippen molar-refractivity contribution in [1.29, 1.82) is 0 Å². The highest BCUT2D eigenvalue weighted by Crippen LogP contribution is 2.23. The quantitative estimate of drug-likeness (QED) is 0.608. The Hall–Kier alpha value is -3.35. The fourth-order valence-electron chi connectivity index (χ4n) is 3.71. The highest BCUT2D eigenvalue weighted by molar-refractivity contribution is 5.89. The van der Waals surface area contributed by atoms with E-state index in [4.69, 9.17) is 9.26 Å². The molecule has 1 amide bonds. The number of ether oxygens (including phenoxy) is 1. The zero-order valence-corrected chi connectivity index (χ0v) is 17.8. The molecule has 0 atom stereocenters. The Morgan fingerprint density at radius 2 is 1.74 bits per heavy atom. The van der Waals surface area contributed by atoms with E-state index in [9.17, 15) is 4.79 Å². The van der Waals surface area contributed by atoms with E-state index in [0.717, 1.165) is 30.0 Å². The number of aromatic nitrogens is 2. The molecule has 1 aliphatic rings. The third-order valence-electron chi connectivity index (χ3n) is 5.40. The van der Waals surface area contributed by atoms with E-state index in [2.05, 4.69) is 32.5 Å². The summed E-state index contributed by atoms with van der Waals surface area (Å²) >= 11 is 0. The molecule has 0 saturated carbocycles. The number of hydrogen-bond donors (Lipinski definition) is 1. The fraction of sp³-hybridized carbons (Fsp3) is 0.375. The second kappa shape index (κ2) is 10.1. The SMILES string of the molecule is CCOc1ccc(CNC(=O)c2nc(-c3ccc(N4CCCCCC4)cc3)no2)cc1. The summed E-state index contributed by atoms with van der Waals surface area (Å²) in [7, 11) is 0. The minimum atomic E-state index is -0.395. The van der Waals surface area contributed by atoms with Gasteiger partial charge in [-0.2, -0.15) is 4.98 Å². The van der Waals surface area contributed by atoms with Crippen molar-refractivity contribution in [3.63, 3.8) is 0 Å². The van der Waals surface area contributed by atoms with Crippen LogP contribution in [-0.2, 0) is 6.54 Å². The van der Waals surface area contributed by atoms with Crippen LogP contribution in [0.5, 0.6) is 5.75 Å². The molecule has 7 heteroatoms. The lowest BCUT2D eigenvalue weighted by Crippen LogP contribution is -2.23. The Morgan fingerprint density at radius 1 is 1.03 bits per heavy atom. The minimum absolute atomic E-state index is 0.0440. The number of nitrogens with one attached hydrogen (secondary N) is 1. The molecule has 1 saturated heterocycles. The molecule has 0 unspecified atom stereocenters. The van der Waals surface area contributed by atoms with Crippen molar-refractivity contribution in [2.75, 3.05) is 24.6 Å². The van der Waals surface area contributed by atoms with Gasteiger partial charge in [0, 0.05) is 30.9 Å². The predicted octanol–water partition coefficient (Wildman–Crippen LogP) is 4.45. The molecule has 2 heterocycles. The van der Waals surface area contributed by atoms with Crippen LogP contribution in [0.25, 0.3) is 11.4 Å². The summed E-state index contributed by atoms with van der Waals surface area (Å²) in [5, 5.41) is 6.78. The van der Waals surface area contributed by atoms with Gasteiger partial charge in [-0.3, -0.25) is 4.79 Å². The van der Waals surface area contributed by atoms with Gasteiger partial charge in [0.25, 0.3) is 0 Å². The standard InChI is InChI=1S/C24H28N4O3/c1-2-30-21-13-7-18(8-14-21)17-25-23(29)24-26-22(27-31-24)19-9-11-20(12-10-19)28-15-5-3-4-6-16-28/h7-14H,2-6,15-17H2,1H3,(H,25,29). The van der Waals surface area contributed by atoms with Crippen molar-refractivity contribution >= 4 is 11.6 Å². The molecule has 1 aromatic heterocycles. The molecule has 1 N–H and O–H groups in total. The highest BCUT2D eigenvalue weighted by atomic mass is 16.5. The molecule has 1 aliphatic heterocycles. The van der Waals surface area contributed by atoms with E-state index in [1.54, 1.807) is 0 Å². The molecule has 0 spiro atoms. The van der Waals surface area contributed by atoms with Gasteiger partial charge in [0.15, 0.2) is 0 Å². The lowest BCUT2D eigenvalue weighted by Gasteiger charge is -2.22. The summed E-state index contributed by atoms with van der Waals surface area (Å²) in [5.74, 6) is 0.779. The smallest absolute Gasteiger partial charge is 0.316 e. The van der Waals surface area contributed by atoms with E-state index in [-0.39, 0.29) is 5.89 Å². The third-order valence-corrected chi connectivity index (χ3v) is 5.40. The number of carbonyl (C=O) groups excluding carboxylic acids is 1. The van der Waals surface area contributed by atoms with E-state index in [1.165, 1.54) is 31.4 Å². The zero-order valence-electron chi connectivity index (χ0n) is 17.8. The normalized spacial score (nSPS) is 14.2. The maximum absolute atomic E-state index is 12.4. The number of benzene rings is 2. The molecular formula is C24H28N4O3. The molecule has 4 rings (SSSR count). The third kappa shape index (κ3) is 5.42. The van der Waals surface area contributed by atoms with E-state index in [1.807, 2.05) is 43.3 Å². The molecular weight excluding hydrogens is 392 g/mol. The average molecular weight is 421 g/mol. The molecule has 162 valence electrons. The first-order valence-corrected chi connectivity index (χ1v) is 10.9. The summed E-state index contributed by atoms with van der Waals surface area (Å²) in [4.78, 5) is 19.1. The first kappa shape index (κ1) is 20.9. The van der Waals surface area contributed by atoms with Crippen molar-refractivity contribution in [1.82, 2.24) is 15.5 Å². The van der Waals surface area contributed by atoms with Crippen LogP contribution in [0.3, 0.4) is 0 Å². The topological polar surface area (TPSA) is 80.5 Å². The number of nitrogens with zero attached hydrogens (tertiary/aromatic N) is 3. The number of hydrogen-bond acceptors (Lipinski definition) is 6. The molecule has 0 radical (unpaired) electrons. The van der Waals surface area contributed by atoms with Crippen LogP contribution in [0.15, 0.2) is 53.1 Å². The maximum atomic E-state index is 12.4. The second-order valence-corrected chi connectivity index (χ2v) is 7.63. The first-order valence-electron chi connectivity index (χ1n) is 10.9. The monoisotopic (exact) mass is 420 g/mol. The summed E-state index contributed by atoms with van der Waals surface area (Å²) in [6.07, 6.45) is 5.09. The average Bonchev–Trinajstić information content (AvgIpc) is 3.14. The van der Waals surface area contributed by atoms with Gasteiger partial charge in [0.1, 0.15) is 5.75 Å². The predicted molar refractivity (Wildman–Crippen MR) is 119 cm³/mol. The van der Waals surface area contributed by atoms with E-state index >= 15 is 0 Å². The van der Waals surface area contributed by atoms with Crippen LogP contribution < -0.4 is 15.0 Å². The van der Waals surface area contributed by atoms with E-state index in [0.29, 0.717) is 19.0 Å². The number of anilines is 1. The van der Waals surface area contributed by atoms with Gasteiger partial charge in [-0.15, -0.1) is 0 Å². The number of amides is 1. The Labute approximate surface area is 182 Å². The van der Waals surface area contributed by atoms with Gasteiger partial charge >= 0.3 is 11.8 Å². The summed E-state index contributed by atoms with van der Waals surface area (Å²) in [6.45, 7) is 5.13. The zero-order chi connectivity index (χ0) is 21.5. The van der Waals surface area contributed by atoms with Crippen molar-refractivity contribution < 1.29 is 14.1 Å². The molecule has 31 heavy (non-hydrogen) atoms. The molecule has 0 bridgehead atoms. The van der Waals surface area contributed by atoms with Gasteiger partial charge in [-0.25, -0.2) is 0 Å². The summed E-state index contributed by atoms with van der Waals surface area (Å²) < 4.78 is 10.6. The molecule has 0 aliphatic carbocycles. The highest BCUT2D eigenvalue weighted by Gasteiger charge is 2.16. The van der Waals surface area contributed by atoms with Crippen LogP contribution in [0, 0.1) is 0 Å². The van der Waals surface area contributed by atoms with Crippen LogP contribution >= 0.6 is 0 Å². The maximum Gasteiger partial charge on any atom is 0.316 e. The lowest BCUT2D eigenvalue weighted by atomic mass is 10.2. The first-order chi connectivity index (χ1) is 15.2. The van der Waals surface area contributed by atoms with Gasteiger partial charge in [0.05, 0.1) is 6.61 Å². The van der Waals surface area contributed by atoms with E-state index < -0.39 is 5.91 Å². The molecule has 1 fully saturated rings. The van der Waals surface area contributed by atoms with Crippen LogP contribution in [0.4, 0.5) is 5.69 Å². The lowest BCUT2D eigenvalue weighted by molar-refractivity contribution is 0.0907. The van der Waals surface area contributed by atoms with Crippen LogP contribution in [0.1, 0.15) is 48.9 Å². The summed E-state index contributed by atoms with van der Waals surface area (Å²) in [5.41, 5.74) is 3.00. The van der Waals surface area contributed by atoms with Crippen LogP contribution in [0.2, 0.25) is 0 Å². The Morgan fingerprint density at radius 3 is 2.42 bits per heavy atom. The van der Waals surface area contributed by atoms with Crippen molar-refractivity contribution in [2.24, 2.45) is 0 Å². The Bertz CT molecular complexity index is 975. The molecule has 3 aromatic rings. The number of rotatable bonds is 7. The minimum Gasteiger partial charge on any atom is -0.494 e. The van der Waals surface area contributed by atoms with Gasteiger partial charge in [-0.1, -0.05) is 30.1 Å². The fourth-order valence-corrected chi connectivity index (χ4v) is 3.71. The Kier molecular flexibility index (Phi) is 6.82. The summed E-state index contributed by atoms with van der Waals surface area (Å²) in [6, 6.07) is 15.7.